The summed E-state index contributed by atoms with van der Waals surface area (Å²) in [4.78, 5) is 4.66. The Hall–Kier alpha value is -2.46. The van der Waals surface area contributed by atoms with E-state index in [-0.39, 0.29) is 11.5 Å². The van der Waals surface area contributed by atoms with Crippen LogP contribution < -0.4 is 10.1 Å². The number of para-hydroxylation sites is 1. The van der Waals surface area contributed by atoms with Crippen molar-refractivity contribution in [3.05, 3.63) is 54.1 Å². The number of aryl methyl sites for hydroxylation is 1. The Labute approximate surface area is 189 Å². The van der Waals surface area contributed by atoms with Crippen molar-refractivity contribution < 1.29 is 18.3 Å². The van der Waals surface area contributed by atoms with Gasteiger partial charge in [0.2, 0.25) is 0 Å². The maximum absolute atomic E-state index is 12.6. The summed E-state index contributed by atoms with van der Waals surface area (Å²) in [6, 6.07) is 14.8. The number of β-amino-alcohol motifs (C(OH)–C–C–N with tert-alkyl or cyclic N) is 1. The van der Waals surface area contributed by atoms with Gasteiger partial charge in [-0.3, -0.25) is 9.80 Å². The van der Waals surface area contributed by atoms with Crippen LogP contribution in [0.5, 0.6) is 5.75 Å². The molecule has 2 aliphatic rings. The molecule has 172 valence electrons. The molecule has 0 radical (unpaired) electrons. The standard InChI is InChI=1S/C23H30N4O4S/c1-18-8-9-21-22(14-18)32(29,30)25-23(24-21)16-27-11-5-10-26(12-13-27)15-19(28)17-31-20-6-3-2-4-7-20/h2-4,6-9,14,19,28H,5,10-13,15-17H2,1H3,(H,24,25). The van der Waals surface area contributed by atoms with E-state index in [1.807, 2.05) is 43.3 Å². The van der Waals surface area contributed by atoms with Gasteiger partial charge in [-0.1, -0.05) is 24.3 Å². The molecule has 1 unspecified atom stereocenters. The van der Waals surface area contributed by atoms with Crippen LogP contribution in [0.25, 0.3) is 0 Å². The molecule has 2 aliphatic heterocycles. The zero-order valence-electron chi connectivity index (χ0n) is 18.3. The van der Waals surface area contributed by atoms with E-state index >= 15 is 0 Å². The molecule has 1 saturated heterocycles. The lowest BCUT2D eigenvalue weighted by atomic mass is 10.2. The largest absolute Gasteiger partial charge is 0.491 e. The van der Waals surface area contributed by atoms with E-state index in [2.05, 4.69) is 19.5 Å². The molecule has 1 atom stereocenters. The normalized spacial score (nSPS) is 19.9. The highest BCUT2D eigenvalue weighted by Gasteiger charge is 2.26. The molecule has 0 spiro atoms. The number of rotatable bonds is 7. The lowest BCUT2D eigenvalue weighted by Crippen LogP contribution is -2.40. The molecular formula is C23H30N4O4S. The number of sulfonamides is 1. The molecule has 0 bridgehead atoms. The summed E-state index contributed by atoms with van der Waals surface area (Å²) in [5.74, 6) is 1.20. The van der Waals surface area contributed by atoms with Crippen molar-refractivity contribution in [3.8, 4) is 5.75 Å². The van der Waals surface area contributed by atoms with Gasteiger partial charge in [0.25, 0.3) is 10.0 Å². The summed E-state index contributed by atoms with van der Waals surface area (Å²) in [6.45, 7) is 6.38. The van der Waals surface area contributed by atoms with Crippen molar-refractivity contribution in [1.82, 2.24) is 9.80 Å². The minimum atomic E-state index is -3.69. The third-order valence-corrected chi connectivity index (χ3v) is 6.99. The number of hydrogen-bond donors (Lipinski definition) is 2. The van der Waals surface area contributed by atoms with Gasteiger partial charge in [-0.2, -0.15) is 8.42 Å². The lowest BCUT2D eigenvalue weighted by Gasteiger charge is -2.25. The molecular weight excluding hydrogens is 428 g/mol. The van der Waals surface area contributed by atoms with Crippen LogP contribution in [0.2, 0.25) is 0 Å². The number of ether oxygens (including phenoxy) is 1. The molecule has 8 nitrogen and oxygen atoms in total. The van der Waals surface area contributed by atoms with E-state index in [0.717, 1.165) is 43.9 Å². The van der Waals surface area contributed by atoms with Crippen molar-refractivity contribution in [2.75, 3.05) is 51.2 Å². The summed E-state index contributed by atoms with van der Waals surface area (Å²) in [6.07, 6.45) is 0.360. The molecule has 2 aromatic carbocycles. The number of hydrogen-bond acceptors (Lipinski definition) is 7. The second-order valence-electron chi connectivity index (χ2n) is 8.35. The summed E-state index contributed by atoms with van der Waals surface area (Å²) in [5, 5.41) is 13.6. The fourth-order valence-corrected chi connectivity index (χ4v) is 5.25. The number of benzene rings is 2. The second kappa shape index (κ2) is 9.99. The Kier molecular flexibility index (Phi) is 7.10. The van der Waals surface area contributed by atoms with E-state index in [4.69, 9.17) is 4.74 Å². The Balaban J connectivity index is 1.28. The average molecular weight is 459 g/mol. The van der Waals surface area contributed by atoms with Gasteiger partial charge in [-0.25, -0.2) is 0 Å². The molecule has 32 heavy (non-hydrogen) atoms. The van der Waals surface area contributed by atoms with E-state index in [9.17, 15) is 13.5 Å². The van der Waals surface area contributed by atoms with Crippen molar-refractivity contribution in [2.24, 2.45) is 4.40 Å². The number of aliphatic hydroxyl groups excluding tert-OH is 1. The van der Waals surface area contributed by atoms with Crippen molar-refractivity contribution >= 4 is 21.5 Å². The van der Waals surface area contributed by atoms with Crippen molar-refractivity contribution in [1.29, 1.82) is 0 Å². The molecule has 0 amide bonds. The third kappa shape index (κ3) is 5.86. The lowest BCUT2D eigenvalue weighted by molar-refractivity contribution is 0.0695. The van der Waals surface area contributed by atoms with E-state index in [1.54, 1.807) is 12.1 Å². The van der Waals surface area contributed by atoms with Crippen LogP contribution >= 0.6 is 0 Å². The SMILES string of the molecule is Cc1ccc2c(c1)S(=O)(=O)N=C(CN1CCCN(CC(O)COc3ccccc3)CC1)N2. The number of aliphatic hydroxyl groups is 1. The Morgan fingerprint density at radius 2 is 1.84 bits per heavy atom. The highest BCUT2D eigenvalue weighted by Crippen LogP contribution is 2.28. The van der Waals surface area contributed by atoms with Crippen LogP contribution in [0.3, 0.4) is 0 Å². The Morgan fingerprint density at radius 1 is 1.09 bits per heavy atom. The third-order valence-electron chi connectivity index (χ3n) is 5.63. The molecule has 2 N–H and O–H groups in total. The highest BCUT2D eigenvalue weighted by molar-refractivity contribution is 7.90. The van der Waals surface area contributed by atoms with E-state index in [0.29, 0.717) is 24.6 Å². The van der Waals surface area contributed by atoms with Crippen LogP contribution in [0.4, 0.5) is 5.69 Å². The molecule has 9 heteroatoms. The minimum absolute atomic E-state index is 0.231. The first kappa shape index (κ1) is 22.7. The molecule has 2 aromatic rings. The van der Waals surface area contributed by atoms with Gasteiger partial charge in [-0.15, -0.1) is 4.40 Å². The van der Waals surface area contributed by atoms with Crippen LogP contribution in [-0.2, 0) is 10.0 Å². The van der Waals surface area contributed by atoms with Gasteiger partial charge in [0.1, 0.15) is 29.2 Å². The minimum Gasteiger partial charge on any atom is -0.491 e. The molecule has 2 heterocycles. The quantitative estimate of drug-likeness (QED) is 0.655. The van der Waals surface area contributed by atoms with E-state index in [1.165, 1.54) is 0 Å². The number of nitrogens with one attached hydrogen (secondary N) is 1. The smallest absolute Gasteiger partial charge is 0.286 e. The van der Waals surface area contributed by atoms with Gasteiger partial charge in [0.05, 0.1) is 12.2 Å². The fraction of sp³-hybridized carbons (Fsp3) is 0.435. The van der Waals surface area contributed by atoms with Crippen LogP contribution in [0, 0.1) is 6.92 Å². The van der Waals surface area contributed by atoms with Crippen LogP contribution in [-0.4, -0.2) is 81.1 Å². The highest BCUT2D eigenvalue weighted by atomic mass is 32.2. The van der Waals surface area contributed by atoms with Gasteiger partial charge in [0.15, 0.2) is 0 Å². The molecule has 0 aliphatic carbocycles. The number of anilines is 1. The number of nitrogens with zero attached hydrogens (tertiary/aromatic N) is 3. The first-order valence-corrected chi connectivity index (χ1v) is 12.4. The monoisotopic (exact) mass is 458 g/mol. The first-order chi connectivity index (χ1) is 15.4. The van der Waals surface area contributed by atoms with Crippen molar-refractivity contribution in [3.63, 3.8) is 0 Å². The second-order valence-corrected chi connectivity index (χ2v) is 9.92. The zero-order chi connectivity index (χ0) is 22.6. The van der Waals surface area contributed by atoms with Crippen molar-refractivity contribution in [2.45, 2.75) is 24.3 Å². The molecule has 0 saturated carbocycles. The molecule has 0 aromatic heterocycles. The first-order valence-electron chi connectivity index (χ1n) is 10.9. The van der Waals surface area contributed by atoms with Gasteiger partial charge < -0.3 is 15.2 Å². The van der Waals surface area contributed by atoms with Gasteiger partial charge in [-0.05, 0) is 56.3 Å². The molecule has 1 fully saturated rings. The van der Waals surface area contributed by atoms with Crippen LogP contribution in [0.15, 0.2) is 57.8 Å². The maximum Gasteiger partial charge on any atom is 0.286 e. The summed E-state index contributed by atoms with van der Waals surface area (Å²) in [5.41, 5.74) is 1.47. The summed E-state index contributed by atoms with van der Waals surface area (Å²) in [7, 11) is -3.69. The Bertz CT molecular complexity index is 1060. The molecule has 4 rings (SSSR count). The fourth-order valence-electron chi connectivity index (χ4n) is 4.02. The number of fused-ring (bicyclic) bond motifs is 1. The van der Waals surface area contributed by atoms with Gasteiger partial charge >= 0.3 is 0 Å². The predicted octanol–water partition coefficient (Wildman–Crippen LogP) is 1.96. The number of amidine groups is 1. The topological polar surface area (TPSA) is 94.5 Å². The Morgan fingerprint density at radius 3 is 2.66 bits per heavy atom. The average Bonchev–Trinajstić information content (AvgIpc) is 2.98. The zero-order valence-corrected chi connectivity index (χ0v) is 19.1. The van der Waals surface area contributed by atoms with Gasteiger partial charge in [0, 0.05) is 19.6 Å². The van der Waals surface area contributed by atoms with E-state index < -0.39 is 16.1 Å². The predicted molar refractivity (Wildman–Crippen MR) is 125 cm³/mol. The summed E-state index contributed by atoms with van der Waals surface area (Å²) < 4.78 is 34.8. The van der Waals surface area contributed by atoms with Crippen LogP contribution in [0.1, 0.15) is 12.0 Å². The summed E-state index contributed by atoms with van der Waals surface area (Å²) >= 11 is 0. The maximum atomic E-state index is 12.6.